The second-order valence-corrected chi connectivity index (χ2v) is 6.01. The molecule has 2 unspecified atom stereocenters. The summed E-state index contributed by atoms with van der Waals surface area (Å²) in [5.74, 6) is 1.51. The van der Waals surface area contributed by atoms with Crippen LogP contribution in [0.3, 0.4) is 0 Å². The average molecular weight is 290 g/mol. The van der Waals surface area contributed by atoms with Crippen molar-refractivity contribution in [3.8, 4) is 5.75 Å². The van der Waals surface area contributed by atoms with E-state index in [-0.39, 0.29) is 17.9 Å². The number of nitrogens with two attached hydrogens (primary N) is 1. The van der Waals surface area contributed by atoms with Crippen molar-refractivity contribution in [1.82, 2.24) is 5.32 Å². The van der Waals surface area contributed by atoms with Crippen molar-refractivity contribution >= 4 is 5.91 Å². The van der Waals surface area contributed by atoms with Crippen molar-refractivity contribution in [3.63, 3.8) is 0 Å². The number of hydrogen-bond donors (Lipinski definition) is 2. The molecule has 3 N–H and O–H groups in total. The number of rotatable bonds is 7. The van der Waals surface area contributed by atoms with E-state index in [1.807, 2.05) is 31.2 Å². The maximum atomic E-state index is 12.3. The van der Waals surface area contributed by atoms with Crippen LogP contribution in [0.15, 0.2) is 24.3 Å². The van der Waals surface area contributed by atoms with Crippen LogP contribution in [0, 0.1) is 11.8 Å². The van der Waals surface area contributed by atoms with Gasteiger partial charge in [-0.05, 0) is 42.4 Å². The summed E-state index contributed by atoms with van der Waals surface area (Å²) in [6.45, 7) is 4.07. The zero-order valence-corrected chi connectivity index (χ0v) is 13.1. The normalized spacial score (nSPS) is 18.7. The molecular formula is C17H26N2O2. The molecule has 4 heteroatoms. The monoisotopic (exact) mass is 290 g/mol. The van der Waals surface area contributed by atoms with Gasteiger partial charge in [0.05, 0.1) is 19.2 Å². The highest BCUT2D eigenvalue weighted by Crippen LogP contribution is 2.41. The first kappa shape index (κ1) is 15.8. The molecule has 0 aromatic heterocycles. The molecule has 0 spiro atoms. The first-order chi connectivity index (χ1) is 10.1. The third-order valence-corrected chi connectivity index (χ3v) is 4.43. The molecule has 1 aliphatic carbocycles. The van der Waals surface area contributed by atoms with Gasteiger partial charge in [0.25, 0.3) is 0 Å². The van der Waals surface area contributed by atoms with Crippen molar-refractivity contribution in [2.24, 2.45) is 17.6 Å². The first-order valence-corrected chi connectivity index (χ1v) is 7.76. The molecule has 1 saturated carbocycles. The Balaban J connectivity index is 2.07. The summed E-state index contributed by atoms with van der Waals surface area (Å²) in [5, 5.41) is 3.14. The second kappa shape index (κ2) is 6.94. The van der Waals surface area contributed by atoms with Crippen LogP contribution in [0.1, 0.15) is 44.7 Å². The second-order valence-electron chi connectivity index (χ2n) is 6.01. The van der Waals surface area contributed by atoms with Gasteiger partial charge in [-0.2, -0.15) is 0 Å². The molecule has 116 valence electrons. The van der Waals surface area contributed by atoms with Gasteiger partial charge in [-0.15, -0.1) is 0 Å². The molecule has 1 aromatic carbocycles. The van der Waals surface area contributed by atoms with Gasteiger partial charge in [0, 0.05) is 0 Å². The molecular weight excluding hydrogens is 264 g/mol. The maximum Gasteiger partial charge on any atom is 0.237 e. The highest BCUT2D eigenvalue weighted by atomic mass is 16.5. The van der Waals surface area contributed by atoms with Gasteiger partial charge in [-0.3, -0.25) is 4.79 Å². The largest absolute Gasteiger partial charge is 0.497 e. The minimum atomic E-state index is -0.436. The Kier molecular flexibility index (Phi) is 5.23. The van der Waals surface area contributed by atoms with Gasteiger partial charge >= 0.3 is 0 Å². The fraction of sp³-hybridized carbons (Fsp3) is 0.588. The first-order valence-electron chi connectivity index (χ1n) is 7.76. The predicted molar refractivity (Wildman–Crippen MR) is 84.0 cm³/mol. The number of benzene rings is 1. The van der Waals surface area contributed by atoms with Crippen LogP contribution < -0.4 is 15.8 Å². The SMILES string of the molecule is CCC(C)[C@H](N)C(=O)NC(c1ccc(OC)cc1)C1CC1. The van der Waals surface area contributed by atoms with Crippen LogP contribution in [0.2, 0.25) is 0 Å². The fourth-order valence-electron chi connectivity index (χ4n) is 2.48. The zero-order valence-electron chi connectivity index (χ0n) is 13.1. The number of nitrogens with one attached hydrogen (secondary N) is 1. The Labute approximate surface area is 127 Å². The van der Waals surface area contributed by atoms with Crippen LogP contribution in [0.4, 0.5) is 0 Å². The Hall–Kier alpha value is -1.55. The van der Waals surface area contributed by atoms with Crippen molar-refractivity contribution in [1.29, 1.82) is 0 Å². The van der Waals surface area contributed by atoms with E-state index in [4.69, 9.17) is 10.5 Å². The molecule has 1 aliphatic rings. The molecule has 0 radical (unpaired) electrons. The molecule has 1 fully saturated rings. The molecule has 1 aromatic rings. The van der Waals surface area contributed by atoms with Gasteiger partial charge < -0.3 is 15.8 Å². The third-order valence-electron chi connectivity index (χ3n) is 4.43. The lowest BCUT2D eigenvalue weighted by Crippen LogP contribution is -2.46. The molecule has 2 rings (SSSR count). The van der Waals surface area contributed by atoms with Gasteiger partial charge in [0.2, 0.25) is 5.91 Å². The van der Waals surface area contributed by atoms with Crippen LogP contribution in [0.25, 0.3) is 0 Å². The van der Waals surface area contributed by atoms with Crippen LogP contribution in [0.5, 0.6) is 5.75 Å². The average Bonchev–Trinajstić information content (AvgIpc) is 3.35. The van der Waals surface area contributed by atoms with E-state index in [2.05, 4.69) is 12.2 Å². The third kappa shape index (κ3) is 3.97. The molecule has 3 atom stereocenters. The Bertz CT molecular complexity index is 468. The van der Waals surface area contributed by atoms with Crippen molar-refractivity contribution < 1.29 is 9.53 Å². The summed E-state index contributed by atoms with van der Waals surface area (Å²) in [7, 11) is 1.65. The summed E-state index contributed by atoms with van der Waals surface area (Å²) in [5.41, 5.74) is 7.16. The number of hydrogen-bond acceptors (Lipinski definition) is 3. The van der Waals surface area contributed by atoms with Crippen LogP contribution >= 0.6 is 0 Å². The topological polar surface area (TPSA) is 64.4 Å². The van der Waals surface area contributed by atoms with Crippen molar-refractivity contribution in [2.45, 2.75) is 45.2 Å². The zero-order chi connectivity index (χ0) is 15.4. The van der Waals surface area contributed by atoms with Crippen molar-refractivity contribution in [2.75, 3.05) is 7.11 Å². The van der Waals surface area contributed by atoms with E-state index < -0.39 is 6.04 Å². The highest BCUT2D eigenvalue weighted by Gasteiger charge is 2.34. The minimum absolute atomic E-state index is 0.0444. The molecule has 0 aliphatic heterocycles. The molecule has 4 nitrogen and oxygen atoms in total. The Morgan fingerprint density at radius 3 is 2.48 bits per heavy atom. The molecule has 1 amide bonds. The van der Waals surface area contributed by atoms with E-state index in [0.717, 1.165) is 30.6 Å². The van der Waals surface area contributed by atoms with E-state index in [1.54, 1.807) is 7.11 Å². The summed E-state index contributed by atoms with van der Waals surface area (Å²) in [6.07, 6.45) is 3.23. The molecule has 0 heterocycles. The standard InChI is InChI=1S/C17H26N2O2/c1-4-11(2)15(18)17(20)19-16(12-5-6-12)13-7-9-14(21-3)10-8-13/h7-12,15-16H,4-6,18H2,1-3H3,(H,19,20)/t11?,15-,16?/m0/s1. The fourth-order valence-corrected chi connectivity index (χ4v) is 2.48. The quantitative estimate of drug-likeness (QED) is 0.811. The molecule has 0 bridgehead atoms. The van der Waals surface area contributed by atoms with Gasteiger partial charge in [-0.25, -0.2) is 0 Å². The lowest BCUT2D eigenvalue weighted by atomic mass is 9.97. The number of amides is 1. The molecule has 21 heavy (non-hydrogen) atoms. The number of ether oxygens (including phenoxy) is 1. The highest BCUT2D eigenvalue weighted by molar-refractivity contribution is 5.82. The number of carbonyl (C=O) groups excluding carboxylic acids is 1. The van der Waals surface area contributed by atoms with Crippen LogP contribution in [-0.2, 0) is 4.79 Å². The van der Waals surface area contributed by atoms with E-state index in [9.17, 15) is 4.79 Å². The van der Waals surface area contributed by atoms with Gasteiger partial charge in [-0.1, -0.05) is 32.4 Å². The number of methoxy groups -OCH3 is 1. The van der Waals surface area contributed by atoms with E-state index >= 15 is 0 Å². The summed E-state index contributed by atoms with van der Waals surface area (Å²) >= 11 is 0. The van der Waals surface area contributed by atoms with Gasteiger partial charge in [0.15, 0.2) is 0 Å². The summed E-state index contributed by atoms with van der Waals surface area (Å²) < 4.78 is 5.18. The number of carbonyl (C=O) groups is 1. The summed E-state index contributed by atoms with van der Waals surface area (Å²) in [4.78, 5) is 12.3. The molecule has 0 saturated heterocycles. The summed E-state index contributed by atoms with van der Waals surface area (Å²) in [6, 6.07) is 7.55. The lowest BCUT2D eigenvalue weighted by Gasteiger charge is -2.24. The maximum absolute atomic E-state index is 12.3. The predicted octanol–water partition coefficient (Wildman–Crippen LogP) is 2.64. The van der Waals surface area contributed by atoms with E-state index in [1.165, 1.54) is 0 Å². The Morgan fingerprint density at radius 2 is 2.00 bits per heavy atom. The van der Waals surface area contributed by atoms with Gasteiger partial charge in [0.1, 0.15) is 5.75 Å². The van der Waals surface area contributed by atoms with Crippen LogP contribution in [-0.4, -0.2) is 19.1 Å². The van der Waals surface area contributed by atoms with E-state index in [0.29, 0.717) is 5.92 Å². The smallest absolute Gasteiger partial charge is 0.237 e. The van der Waals surface area contributed by atoms with Crippen molar-refractivity contribution in [3.05, 3.63) is 29.8 Å². The minimum Gasteiger partial charge on any atom is -0.497 e. The Morgan fingerprint density at radius 1 is 1.38 bits per heavy atom. The lowest BCUT2D eigenvalue weighted by molar-refractivity contribution is -0.124.